The summed E-state index contributed by atoms with van der Waals surface area (Å²) in [6.45, 7) is 2.65. The lowest BCUT2D eigenvalue weighted by atomic mass is 9.96. The second kappa shape index (κ2) is 9.60. The van der Waals surface area contributed by atoms with E-state index >= 15 is 0 Å². The zero-order valence-corrected chi connectivity index (χ0v) is 15.9. The Balaban J connectivity index is 1.78. The van der Waals surface area contributed by atoms with Crippen LogP contribution in [0.25, 0.3) is 11.1 Å². The third-order valence-electron chi connectivity index (χ3n) is 4.39. The Labute approximate surface area is 165 Å². The number of hydrogen-bond donors (Lipinski definition) is 1. The zero-order valence-electron chi connectivity index (χ0n) is 15.9. The molecule has 0 aliphatic carbocycles. The molecule has 0 aromatic heterocycles. The smallest absolute Gasteiger partial charge is 0.306 e. The van der Waals surface area contributed by atoms with Crippen LogP contribution in [0.4, 0.5) is 0 Å². The van der Waals surface area contributed by atoms with E-state index in [-0.39, 0.29) is 18.1 Å². The van der Waals surface area contributed by atoms with E-state index in [1.54, 1.807) is 19.1 Å². The van der Waals surface area contributed by atoms with Gasteiger partial charge in [-0.15, -0.1) is 0 Å². The highest BCUT2D eigenvalue weighted by Gasteiger charge is 2.10. The van der Waals surface area contributed by atoms with Gasteiger partial charge in [0.2, 0.25) is 0 Å². The molecule has 144 valence electrons. The van der Waals surface area contributed by atoms with Crippen LogP contribution in [0, 0.1) is 0 Å². The molecule has 0 spiro atoms. The molecule has 0 amide bonds. The molecule has 0 fully saturated rings. The Morgan fingerprint density at radius 3 is 2.57 bits per heavy atom. The van der Waals surface area contributed by atoms with Gasteiger partial charge in [-0.3, -0.25) is 4.79 Å². The van der Waals surface area contributed by atoms with E-state index in [1.807, 2.05) is 60.7 Å². The van der Waals surface area contributed by atoms with Crippen molar-refractivity contribution in [2.75, 3.05) is 6.61 Å². The first-order valence-corrected chi connectivity index (χ1v) is 9.40. The summed E-state index contributed by atoms with van der Waals surface area (Å²) in [6.07, 6.45) is 0.770. The van der Waals surface area contributed by atoms with Crippen LogP contribution in [0.1, 0.15) is 24.5 Å². The molecule has 3 aromatic rings. The highest BCUT2D eigenvalue weighted by atomic mass is 16.5. The van der Waals surface area contributed by atoms with Crippen LogP contribution in [0.5, 0.6) is 11.5 Å². The van der Waals surface area contributed by atoms with E-state index in [9.17, 15) is 9.90 Å². The number of carbonyl (C=O) groups excluding carboxylic acids is 1. The lowest BCUT2D eigenvalue weighted by Gasteiger charge is -2.12. The summed E-state index contributed by atoms with van der Waals surface area (Å²) in [5.74, 6) is 0.710. The quantitative estimate of drug-likeness (QED) is 0.554. The van der Waals surface area contributed by atoms with Crippen molar-refractivity contribution in [3.63, 3.8) is 0 Å². The largest absolute Gasteiger partial charge is 0.508 e. The molecule has 3 rings (SSSR count). The summed E-state index contributed by atoms with van der Waals surface area (Å²) in [7, 11) is 0. The monoisotopic (exact) mass is 376 g/mol. The van der Waals surface area contributed by atoms with Gasteiger partial charge in [0.1, 0.15) is 18.1 Å². The van der Waals surface area contributed by atoms with Crippen LogP contribution >= 0.6 is 0 Å². The molecule has 4 heteroatoms. The molecule has 0 heterocycles. The molecular weight excluding hydrogens is 352 g/mol. The van der Waals surface area contributed by atoms with Gasteiger partial charge in [-0.25, -0.2) is 0 Å². The molecule has 0 bridgehead atoms. The third-order valence-corrected chi connectivity index (χ3v) is 4.39. The van der Waals surface area contributed by atoms with Crippen molar-refractivity contribution in [1.29, 1.82) is 0 Å². The Morgan fingerprint density at radius 1 is 0.964 bits per heavy atom. The number of ether oxygens (including phenoxy) is 2. The predicted molar refractivity (Wildman–Crippen MR) is 109 cm³/mol. The van der Waals surface area contributed by atoms with E-state index < -0.39 is 0 Å². The molecule has 0 aliphatic heterocycles. The van der Waals surface area contributed by atoms with E-state index in [4.69, 9.17) is 9.47 Å². The second-order valence-corrected chi connectivity index (χ2v) is 6.45. The molecule has 0 radical (unpaired) electrons. The Kier molecular flexibility index (Phi) is 6.68. The van der Waals surface area contributed by atoms with E-state index in [2.05, 4.69) is 0 Å². The lowest BCUT2D eigenvalue weighted by molar-refractivity contribution is -0.143. The van der Waals surface area contributed by atoms with Crippen molar-refractivity contribution in [2.24, 2.45) is 0 Å². The minimum absolute atomic E-state index is 0.180. The topological polar surface area (TPSA) is 55.8 Å². The maximum atomic E-state index is 11.7. The summed E-state index contributed by atoms with van der Waals surface area (Å²) in [5, 5.41) is 9.88. The summed E-state index contributed by atoms with van der Waals surface area (Å²) in [6, 6.07) is 23.1. The van der Waals surface area contributed by atoms with Crippen molar-refractivity contribution in [2.45, 2.75) is 26.4 Å². The Hall–Kier alpha value is -3.27. The maximum Gasteiger partial charge on any atom is 0.306 e. The van der Waals surface area contributed by atoms with E-state index in [0.717, 1.165) is 28.0 Å². The number of rotatable bonds is 8. The average Bonchev–Trinajstić information content (AvgIpc) is 2.72. The van der Waals surface area contributed by atoms with Crippen molar-refractivity contribution < 1.29 is 19.4 Å². The van der Waals surface area contributed by atoms with Gasteiger partial charge in [-0.2, -0.15) is 0 Å². The number of carbonyl (C=O) groups is 1. The fraction of sp³-hybridized carbons (Fsp3) is 0.208. The minimum atomic E-state index is -0.239. The number of aryl methyl sites for hydroxylation is 1. The van der Waals surface area contributed by atoms with Crippen LogP contribution in [0.2, 0.25) is 0 Å². The normalized spacial score (nSPS) is 10.5. The van der Waals surface area contributed by atoms with Gasteiger partial charge in [-0.1, -0.05) is 48.5 Å². The minimum Gasteiger partial charge on any atom is -0.508 e. The molecule has 1 N–H and O–H groups in total. The van der Waals surface area contributed by atoms with Gasteiger partial charge in [0, 0.05) is 6.42 Å². The average molecular weight is 376 g/mol. The number of aromatic hydroxyl groups is 1. The van der Waals surface area contributed by atoms with Gasteiger partial charge < -0.3 is 14.6 Å². The summed E-state index contributed by atoms with van der Waals surface area (Å²) < 4.78 is 10.9. The van der Waals surface area contributed by atoms with Crippen molar-refractivity contribution in [3.8, 4) is 22.6 Å². The summed E-state index contributed by atoms with van der Waals surface area (Å²) >= 11 is 0. The molecule has 0 aliphatic rings. The first-order chi connectivity index (χ1) is 13.7. The maximum absolute atomic E-state index is 11.7. The lowest BCUT2D eigenvalue weighted by Crippen LogP contribution is -2.05. The number of benzene rings is 3. The fourth-order valence-electron chi connectivity index (χ4n) is 3.03. The molecule has 0 saturated heterocycles. The molecule has 0 unspecified atom stereocenters. The highest BCUT2D eigenvalue weighted by molar-refractivity contribution is 5.73. The molecular formula is C24H24O4. The molecule has 0 atom stereocenters. The predicted octanol–water partition coefficient (Wildman–Crippen LogP) is 5.13. The number of esters is 1. The molecule has 0 saturated carbocycles. The Bertz CT molecular complexity index is 919. The van der Waals surface area contributed by atoms with Crippen molar-refractivity contribution in [3.05, 3.63) is 83.9 Å². The zero-order chi connectivity index (χ0) is 19.8. The summed E-state index contributed by atoms with van der Waals surface area (Å²) in [4.78, 5) is 11.7. The Morgan fingerprint density at radius 2 is 1.79 bits per heavy atom. The first kappa shape index (κ1) is 19.5. The van der Waals surface area contributed by atoms with Crippen LogP contribution in [-0.4, -0.2) is 17.7 Å². The SMILES string of the molecule is CCOC(=O)CCc1cc(O)ccc1-c1cccc(OCc2ccccc2)c1. The van der Waals surface area contributed by atoms with Crippen LogP contribution < -0.4 is 4.74 Å². The standard InChI is InChI=1S/C24H24O4/c1-2-27-24(26)14-11-20-15-21(25)12-13-23(20)19-9-6-10-22(16-19)28-17-18-7-4-3-5-8-18/h3-10,12-13,15-16,25H,2,11,14,17H2,1H3. The van der Waals surface area contributed by atoms with Crippen molar-refractivity contribution >= 4 is 5.97 Å². The molecule has 4 nitrogen and oxygen atoms in total. The van der Waals surface area contributed by atoms with Crippen LogP contribution in [0.15, 0.2) is 72.8 Å². The first-order valence-electron chi connectivity index (χ1n) is 9.40. The van der Waals surface area contributed by atoms with Gasteiger partial charge in [0.15, 0.2) is 0 Å². The number of phenolic OH excluding ortho intramolecular Hbond substituents is 1. The van der Waals surface area contributed by atoms with Crippen LogP contribution in [-0.2, 0) is 22.6 Å². The third kappa shape index (κ3) is 5.36. The van der Waals surface area contributed by atoms with Gasteiger partial charge in [0.25, 0.3) is 0 Å². The van der Waals surface area contributed by atoms with Gasteiger partial charge >= 0.3 is 5.97 Å². The highest BCUT2D eigenvalue weighted by Crippen LogP contribution is 2.30. The molecule has 28 heavy (non-hydrogen) atoms. The summed E-state index contributed by atoms with van der Waals surface area (Å²) in [5.41, 5.74) is 3.94. The number of phenols is 1. The fourth-order valence-corrected chi connectivity index (χ4v) is 3.03. The van der Waals surface area contributed by atoms with E-state index in [1.165, 1.54) is 0 Å². The van der Waals surface area contributed by atoms with E-state index in [0.29, 0.717) is 19.6 Å². The van der Waals surface area contributed by atoms with Gasteiger partial charge in [0.05, 0.1) is 6.61 Å². The van der Waals surface area contributed by atoms with Crippen molar-refractivity contribution in [1.82, 2.24) is 0 Å². The molecule has 3 aromatic carbocycles. The second-order valence-electron chi connectivity index (χ2n) is 6.45. The van der Waals surface area contributed by atoms with Crippen LogP contribution in [0.3, 0.4) is 0 Å². The van der Waals surface area contributed by atoms with Gasteiger partial charge in [-0.05, 0) is 59.9 Å². The number of hydrogen-bond acceptors (Lipinski definition) is 4.